The Bertz CT molecular complexity index is 1170. The molecule has 0 radical (unpaired) electrons. The van der Waals surface area contributed by atoms with Crippen LogP contribution in [-0.2, 0) is 19.2 Å². The molecule has 0 fully saturated rings. The van der Waals surface area contributed by atoms with Gasteiger partial charge in [-0.05, 0) is 37.5 Å². The van der Waals surface area contributed by atoms with Gasteiger partial charge in [-0.25, -0.2) is 14.8 Å². The van der Waals surface area contributed by atoms with Crippen LogP contribution in [0.3, 0.4) is 0 Å². The van der Waals surface area contributed by atoms with Gasteiger partial charge in [0.2, 0.25) is 11.8 Å². The fourth-order valence-corrected chi connectivity index (χ4v) is 5.00. The van der Waals surface area contributed by atoms with Gasteiger partial charge in [-0.15, -0.1) is 0 Å². The molecule has 1 atom stereocenters. The van der Waals surface area contributed by atoms with Gasteiger partial charge in [-0.2, -0.15) is 0 Å². The zero-order chi connectivity index (χ0) is 30.6. The van der Waals surface area contributed by atoms with Crippen LogP contribution in [-0.4, -0.2) is 65.0 Å². The highest BCUT2D eigenvalue weighted by Gasteiger charge is 2.32. The molecule has 1 heterocycles. The van der Waals surface area contributed by atoms with Crippen LogP contribution in [0.15, 0.2) is 41.5 Å². The van der Waals surface area contributed by atoms with Gasteiger partial charge in [-0.3, -0.25) is 14.4 Å². The molecule has 1 aromatic heterocycles. The van der Waals surface area contributed by atoms with Crippen molar-refractivity contribution in [3.05, 3.63) is 36.4 Å². The normalized spacial score (nSPS) is 11.5. The number of fused-ring (bicyclic) bond motifs is 1. The number of carbonyl (C=O) groups excluding carboxylic acids is 3. The van der Waals surface area contributed by atoms with E-state index in [0.717, 1.165) is 31.1 Å². The molecule has 0 unspecified atom stereocenters. The molecule has 230 valence electrons. The first-order valence-electron chi connectivity index (χ1n) is 15.3. The van der Waals surface area contributed by atoms with Crippen molar-refractivity contribution < 1.29 is 24.3 Å². The van der Waals surface area contributed by atoms with E-state index in [9.17, 15) is 24.3 Å². The lowest BCUT2D eigenvalue weighted by Gasteiger charge is -2.31. The molecule has 1 aromatic carbocycles. The standard InChI is InChI=1S/C32H47N5O5/c1-3-4-5-6-7-8-9-10-11-12-15-23-36(24-30(39)33-2)32(42)28(19-16-20-31(40)41)37(34-25-38)29-22-21-26-17-13-14-18-27(26)35-29/h13-14,17-18,21-22,28H,3-12,15-16,19-20,23-24H2,1-2H3,(H,33,39)(H,40,41)/t28-/m0/s1. The monoisotopic (exact) mass is 581 g/mol. The number of isocyanates is 1. The number of carbonyl (C=O) groups is 3. The Kier molecular flexibility index (Phi) is 16.5. The Balaban J connectivity index is 2.14. The Morgan fingerprint density at radius 3 is 2.19 bits per heavy atom. The number of para-hydroxylation sites is 1. The van der Waals surface area contributed by atoms with Crippen molar-refractivity contribution in [1.29, 1.82) is 0 Å². The second-order valence-electron chi connectivity index (χ2n) is 10.7. The number of nitrogens with zero attached hydrogens (tertiary/aromatic N) is 4. The summed E-state index contributed by atoms with van der Waals surface area (Å²) in [4.78, 5) is 55.2. The van der Waals surface area contributed by atoms with E-state index >= 15 is 0 Å². The highest BCUT2D eigenvalue weighted by Crippen LogP contribution is 2.24. The number of amides is 2. The number of nitrogens with one attached hydrogen (secondary N) is 1. The van der Waals surface area contributed by atoms with E-state index in [0.29, 0.717) is 12.1 Å². The van der Waals surface area contributed by atoms with Gasteiger partial charge in [0.15, 0.2) is 5.82 Å². The van der Waals surface area contributed by atoms with Crippen molar-refractivity contribution in [3.8, 4) is 0 Å². The number of likely N-dealkylation sites (N-methyl/N-ethyl adjacent to an activating group) is 1. The first kappa shape index (κ1) is 34.4. The van der Waals surface area contributed by atoms with Gasteiger partial charge < -0.3 is 15.3 Å². The Morgan fingerprint density at radius 1 is 0.929 bits per heavy atom. The number of hydrogen-bond acceptors (Lipinski definition) is 7. The van der Waals surface area contributed by atoms with Crippen molar-refractivity contribution >= 4 is 40.6 Å². The molecule has 2 rings (SSSR count). The molecule has 2 amide bonds. The SMILES string of the molecule is CCCCCCCCCCCCCN(CC(=O)NC)C(=O)[C@H](CCCC(=O)O)N(N=C=O)c1ccc2ccccc2n1. The van der Waals surface area contributed by atoms with Crippen LogP contribution in [0, 0.1) is 0 Å². The number of anilines is 1. The highest BCUT2D eigenvalue weighted by atomic mass is 16.4. The van der Waals surface area contributed by atoms with Crippen molar-refractivity contribution in [2.45, 2.75) is 103 Å². The van der Waals surface area contributed by atoms with E-state index < -0.39 is 17.9 Å². The summed E-state index contributed by atoms with van der Waals surface area (Å²) < 4.78 is 0. The number of aliphatic carboxylic acids is 1. The quantitative estimate of drug-likeness (QED) is 0.0777. The van der Waals surface area contributed by atoms with Crippen LogP contribution in [0.2, 0.25) is 0 Å². The second kappa shape index (κ2) is 20.2. The molecule has 2 aromatic rings. The number of pyridine rings is 1. The first-order valence-corrected chi connectivity index (χ1v) is 15.3. The van der Waals surface area contributed by atoms with Crippen LogP contribution >= 0.6 is 0 Å². The first-order chi connectivity index (χ1) is 20.4. The average Bonchev–Trinajstić information content (AvgIpc) is 2.99. The smallest absolute Gasteiger partial charge is 0.303 e. The zero-order valence-electron chi connectivity index (χ0n) is 25.2. The summed E-state index contributed by atoms with van der Waals surface area (Å²) in [7, 11) is 1.51. The van der Waals surface area contributed by atoms with Crippen molar-refractivity contribution in [2.75, 3.05) is 25.1 Å². The summed E-state index contributed by atoms with van der Waals surface area (Å²) in [6.07, 6.45) is 14.4. The van der Waals surface area contributed by atoms with E-state index in [1.54, 1.807) is 6.07 Å². The lowest BCUT2D eigenvalue weighted by molar-refractivity contribution is -0.138. The number of aromatic nitrogens is 1. The maximum atomic E-state index is 14.0. The third-order valence-electron chi connectivity index (χ3n) is 7.37. The van der Waals surface area contributed by atoms with Crippen LogP contribution in [0.4, 0.5) is 5.82 Å². The summed E-state index contributed by atoms with van der Waals surface area (Å²) in [5, 5.41) is 17.7. The molecule has 0 aliphatic carbocycles. The largest absolute Gasteiger partial charge is 0.481 e. The lowest BCUT2D eigenvalue weighted by atomic mass is 10.0. The molecule has 10 heteroatoms. The van der Waals surface area contributed by atoms with Gasteiger partial charge in [0, 0.05) is 25.4 Å². The molecule has 0 spiro atoms. The van der Waals surface area contributed by atoms with E-state index in [1.807, 2.05) is 30.3 Å². The van der Waals surface area contributed by atoms with Crippen LogP contribution in [0.5, 0.6) is 0 Å². The third kappa shape index (κ3) is 12.4. The summed E-state index contributed by atoms with van der Waals surface area (Å²) in [5.41, 5.74) is 0.654. The minimum atomic E-state index is -1.03. The van der Waals surface area contributed by atoms with E-state index in [4.69, 9.17) is 0 Å². The van der Waals surface area contributed by atoms with Crippen LogP contribution in [0.25, 0.3) is 10.9 Å². The summed E-state index contributed by atoms with van der Waals surface area (Å²) in [5.74, 6) is -1.45. The maximum Gasteiger partial charge on any atom is 0.303 e. The van der Waals surface area contributed by atoms with Gasteiger partial charge in [-0.1, -0.05) is 94.4 Å². The molecule has 0 aliphatic heterocycles. The van der Waals surface area contributed by atoms with Crippen LogP contribution < -0.4 is 10.3 Å². The lowest BCUT2D eigenvalue weighted by Crippen LogP contribution is -2.50. The van der Waals surface area contributed by atoms with Crippen LogP contribution in [0.1, 0.15) is 96.8 Å². The molecule has 0 saturated heterocycles. The third-order valence-corrected chi connectivity index (χ3v) is 7.37. The number of carboxylic acids is 1. The second-order valence-corrected chi connectivity index (χ2v) is 10.7. The molecule has 0 saturated carbocycles. The molecule has 10 nitrogen and oxygen atoms in total. The Hall–Kier alpha value is -3.78. The summed E-state index contributed by atoms with van der Waals surface area (Å²) in [6.45, 7) is 2.44. The van der Waals surface area contributed by atoms with E-state index in [-0.39, 0.29) is 37.5 Å². The molecule has 42 heavy (non-hydrogen) atoms. The number of hydrazone groups is 1. The molecule has 0 bridgehead atoms. The zero-order valence-corrected chi connectivity index (χ0v) is 25.2. The number of rotatable bonds is 22. The topological polar surface area (TPSA) is 132 Å². The molecular formula is C32H47N5O5. The highest BCUT2D eigenvalue weighted by molar-refractivity contribution is 5.90. The minimum absolute atomic E-state index is 0.104. The summed E-state index contributed by atoms with van der Waals surface area (Å²) >= 11 is 0. The van der Waals surface area contributed by atoms with Crippen molar-refractivity contribution in [2.24, 2.45) is 5.10 Å². The molecule has 2 N–H and O–H groups in total. The minimum Gasteiger partial charge on any atom is -0.481 e. The van der Waals surface area contributed by atoms with Crippen molar-refractivity contribution in [1.82, 2.24) is 15.2 Å². The fourth-order valence-electron chi connectivity index (χ4n) is 5.00. The number of carboxylic acid groups (broad SMARTS) is 1. The molecule has 0 aliphatic rings. The fraction of sp³-hybridized carbons (Fsp3) is 0.594. The van der Waals surface area contributed by atoms with Gasteiger partial charge in [0.05, 0.1) is 12.1 Å². The van der Waals surface area contributed by atoms with Gasteiger partial charge in [0.25, 0.3) is 6.08 Å². The number of benzene rings is 1. The number of unbranched alkanes of at least 4 members (excludes halogenated alkanes) is 10. The van der Waals surface area contributed by atoms with E-state index in [1.165, 1.54) is 68.0 Å². The number of hydrogen-bond donors (Lipinski definition) is 2. The van der Waals surface area contributed by atoms with Crippen molar-refractivity contribution in [3.63, 3.8) is 0 Å². The Labute approximate surface area is 249 Å². The molecular weight excluding hydrogens is 534 g/mol. The summed E-state index contributed by atoms with van der Waals surface area (Å²) in [6, 6.07) is 9.87. The van der Waals surface area contributed by atoms with Gasteiger partial charge >= 0.3 is 5.97 Å². The Morgan fingerprint density at radius 2 is 1.57 bits per heavy atom. The maximum absolute atomic E-state index is 14.0. The predicted octanol–water partition coefficient (Wildman–Crippen LogP) is 5.80. The van der Waals surface area contributed by atoms with E-state index in [2.05, 4.69) is 22.3 Å². The van der Waals surface area contributed by atoms with Gasteiger partial charge in [0.1, 0.15) is 6.04 Å². The average molecular weight is 582 g/mol. The predicted molar refractivity (Wildman–Crippen MR) is 165 cm³/mol.